The summed E-state index contributed by atoms with van der Waals surface area (Å²) in [5.74, 6) is -1.80. The number of hydrogen-bond acceptors (Lipinski definition) is 4. The van der Waals surface area contributed by atoms with Crippen LogP contribution in [0.5, 0.6) is 0 Å². The zero-order valence-electron chi connectivity index (χ0n) is 14.3. The maximum atomic E-state index is 13.6. The van der Waals surface area contributed by atoms with Gasteiger partial charge in [-0.3, -0.25) is 4.79 Å². The van der Waals surface area contributed by atoms with E-state index in [0.29, 0.717) is 28.8 Å². The van der Waals surface area contributed by atoms with Crippen molar-refractivity contribution in [2.45, 2.75) is 11.7 Å². The first-order valence-electron chi connectivity index (χ1n) is 8.00. The van der Waals surface area contributed by atoms with Crippen molar-refractivity contribution in [3.05, 3.63) is 53.1 Å². The average molecular weight is 412 g/mol. The minimum absolute atomic E-state index is 0.0139. The lowest BCUT2D eigenvalue weighted by Gasteiger charge is -2.09. The summed E-state index contributed by atoms with van der Waals surface area (Å²) in [6.07, 6.45) is 0. The number of fused-ring (bicyclic) bond motifs is 1. The van der Waals surface area contributed by atoms with Crippen LogP contribution in [-0.2, 0) is 16.1 Å². The molecule has 0 saturated heterocycles. The fourth-order valence-corrected chi connectivity index (χ4v) is 3.51. The summed E-state index contributed by atoms with van der Waals surface area (Å²) in [4.78, 5) is 16.6. The van der Waals surface area contributed by atoms with E-state index < -0.39 is 17.5 Å². The standard InChI is InChI=1S/C18H16ClF2N3O2S/c1-26-7-6-24-16-5-2-11(19)8-15(16)23-18(24)27-10-17(25)22-14-9-12(20)3-4-13(14)21/h2-5,8-9H,6-7,10H2,1H3,(H,22,25). The van der Waals surface area contributed by atoms with Crippen molar-refractivity contribution < 1.29 is 18.3 Å². The highest BCUT2D eigenvalue weighted by molar-refractivity contribution is 7.99. The topological polar surface area (TPSA) is 56.1 Å². The van der Waals surface area contributed by atoms with E-state index in [1.165, 1.54) is 11.8 Å². The lowest BCUT2D eigenvalue weighted by atomic mass is 10.3. The van der Waals surface area contributed by atoms with E-state index in [4.69, 9.17) is 16.3 Å². The molecule has 1 N–H and O–H groups in total. The summed E-state index contributed by atoms with van der Waals surface area (Å²) < 4.78 is 33.9. The molecule has 3 aromatic rings. The van der Waals surface area contributed by atoms with E-state index in [-0.39, 0.29) is 11.4 Å². The maximum absolute atomic E-state index is 13.6. The summed E-state index contributed by atoms with van der Waals surface area (Å²) >= 11 is 7.21. The molecule has 2 aromatic carbocycles. The predicted octanol–water partition coefficient (Wildman–Crippen LogP) is 4.35. The molecule has 5 nitrogen and oxygen atoms in total. The minimum Gasteiger partial charge on any atom is -0.383 e. The van der Waals surface area contributed by atoms with E-state index in [2.05, 4.69) is 10.3 Å². The van der Waals surface area contributed by atoms with Gasteiger partial charge in [0, 0.05) is 24.7 Å². The van der Waals surface area contributed by atoms with Crippen molar-refractivity contribution in [2.75, 3.05) is 24.8 Å². The van der Waals surface area contributed by atoms with Crippen LogP contribution in [-0.4, -0.2) is 34.9 Å². The van der Waals surface area contributed by atoms with E-state index >= 15 is 0 Å². The second kappa shape index (κ2) is 8.69. The van der Waals surface area contributed by atoms with Gasteiger partial charge in [0.05, 0.1) is 29.1 Å². The van der Waals surface area contributed by atoms with Gasteiger partial charge in [0.15, 0.2) is 5.16 Å². The lowest BCUT2D eigenvalue weighted by Crippen LogP contribution is -2.16. The van der Waals surface area contributed by atoms with Crippen molar-refractivity contribution in [1.82, 2.24) is 9.55 Å². The van der Waals surface area contributed by atoms with Crippen molar-refractivity contribution in [3.8, 4) is 0 Å². The van der Waals surface area contributed by atoms with Crippen LogP contribution in [0.1, 0.15) is 0 Å². The van der Waals surface area contributed by atoms with Crippen LogP contribution in [0.2, 0.25) is 5.02 Å². The van der Waals surface area contributed by atoms with E-state index in [0.717, 1.165) is 23.7 Å². The Labute approximate surface area is 163 Å². The number of hydrogen-bond donors (Lipinski definition) is 1. The largest absolute Gasteiger partial charge is 0.383 e. The summed E-state index contributed by atoms with van der Waals surface area (Å²) in [6.45, 7) is 1.03. The Morgan fingerprint density at radius 2 is 2.11 bits per heavy atom. The summed E-state index contributed by atoms with van der Waals surface area (Å²) in [6, 6.07) is 8.25. The van der Waals surface area contributed by atoms with Gasteiger partial charge >= 0.3 is 0 Å². The first-order valence-corrected chi connectivity index (χ1v) is 9.36. The van der Waals surface area contributed by atoms with Gasteiger partial charge in [-0.05, 0) is 30.3 Å². The highest BCUT2D eigenvalue weighted by Gasteiger charge is 2.14. The van der Waals surface area contributed by atoms with Crippen LogP contribution in [0.3, 0.4) is 0 Å². The monoisotopic (exact) mass is 411 g/mol. The van der Waals surface area contributed by atoms with Crippen LogP contribution in [0.15, 0.2) is 41.6 Å². The van der Waals surface area contributed by atoms with Gasteiger partial charge in [0.1, 0.15) is 11.6 Å². The van der Waals surface area contributed by atoms with Crippen LogP contribution >= 0.6 is 23.4 Å². The molecule has 0 saturated carbocycles. The average Bonchev–Trinajstić information content (AvgIpc) is 2.97. The zero-order chi connectivity index (χ0) is 19.4. The van der Waals surface area contributed by atoms with Crippen LogP contribution in [0.25, 0.3) is 11.0 Å². The Morgan fingerprint density at radius 1 is 1.30 bits per heavy atom. The molecule has 0 fully saturated rings. The molecule has 0 aliphatic heterocycles. The first-order chi connectivity index (χ1) is 13.0. The molecule has 142 valence electrons. The Hall–Kier alpha value is -2.16. The van der Waals surface area contributed by atoms with Crippen molar-refractivity contribution >= 4 is 46.0 Å². The Bertz CT molecular complexity index is 981. The number of anilines is 1. The molecular formula is C18H16ClF2N3O2S. The number of carbonyl (C=O) groups excluding carboxylic acids is 1. The molecule has 0 bridgehead atoms. The number of aromatic nitrogens is 2. The molecule has 9 heteroatoms. The summed E-state index contributed by atoms with van der Waals surface area (Å²) in [5.41, 5.74) is 1.38. The third kappa shape index (κ3) is 4.77. The molecule has 1 heterocycles. The number of carbonyl (C=O) groups is 1. The first kappa shape index (κ1) is 19.6. The maximum Gasteiger partial charge on any atom is 0.234 e. The van der Waals surface area contributed by atoms with Crippen molar-refractivity contribution in [1.29, 1.82) is 0 Å². The zero-order valence-corrected chi connectivity index (χ0v) is 15.9. The van der Waals surface area contributed by atoms with Crippen LogP contribution in [0.4, 0.5) is 14.5 Å². The number of nitrogens with zero attached hydrogens (tertiary/aromatic N) is 2. The molecule has 0 spiro atoms. The molecule has 3 rings (SSSR count). The number of amides is 1. The molecule has 0 aliphatic carbocycles. The molecule has 27 heavy (non-hydrogen) atoms. The van der Waals surface area contributed by atoms with Crippen molar-refractivity contribution in [2.24, 2.45) is 0 Å². The fraction of sp³-hybridized carbons (Fsp3) is 0.222. The second-order valence-corrected chi connectivity index (χ2v) is 7.01. The molecule has 0 unspecified atom stereocenters. The lowest BCUT2D eigenvalue weighted by molar-refractivity contribution is -0.113. The van der Waals surface area contributed by atoms with Crippen molar-refractivity contribution in [3.63, 3.8) is 0 Å². The Balaban J connectivity index is 1.75. The van der Waals surface area contributed by atoms with Gasteiger partial charge in [-0.25, -0.2) is 13.8 Å². The van der Waals surface area contributed by atoms with Gasteiger partial charge < -0.3 is 14.6 Å². The number of imidazole rings is 1. The van der Waals surface area contributed by atoms with Gasteiger partial charge in [0.25, 0.3) is 0 Å². The number of benzene rings is 2. The number of rotatable bonds is 7. The Morgan fingerprint density at radius 3 is 2.89 bits per heavy atom. The smallest absolute Gasteiger partial charge is 0.234 e. The second-order valence-electron chi connectivity index (χ2n) is 5.63. The number of nitrogens with one attached hydrogen (secondary N) is 1. The molecule has 0 atom stereocenters. The van der Waals surface area contributed by atoms with Crippen LogP contribution < -0.4 is 5.32 Å². The molecule has 0 radical (unpaired) electrons. The SMILES string of the molecule is COCCn1c(SCC(=O)Nc2cc(F)ccc2F)nc2cc(Cl)ccc21. The third-order valence-corrected chi connectivity index (χ3v) is 4.94. The highest BCUT2D eigenvalue weighted by atomic mass is 35.5. The highest BCUT2D eigenvalue weighted by Crippen LogP contribution is 2.26. The number of ether oxygens (including phenoxy) is 1. The van der Waals surface area contributed by atoms with E-state index in [1.807, 2.05) is 10.6 Å². The van der Waals surface area contributed by atoms with Crippen LogP contribution in [0, 0.1) is 11.6 Å². The molecule has 1 aromatic heterocycles. The van der Waals surface area contributed by atoms with Gasteiger partial charge in [-0.15, -0.1) is 0 Å². The number of halogens is 3. The number of thioether (sulfide) groups is 1. The molecular weight excluding hydrogens is 396 g/mol. The van der Waals surface area contributed by atoms with E-state index in [1.54, 1.807) is 19.2 Å². The van der Waals surface area contributed by atoms with Gasteiger partial charge in [-0.1, -0.05) is 23.4 Å². The molecule has 0 aliphatic rings. The Kier molecular flexibility index (Phi) is 6.30. The fourth-order valence-electron chi connectivity index (χ4n) is 2.50. The minimum atomic E-state index is -0.697. The van der Waals surface area contributed by atoms with Gasteiger partial charge in [0.2, 0.25) is 5.91 Å². The normalized spacial score (nSPS) is 11.1. The predicted molar refractivity (Wildman–Crippen MR) is 102 cm³/mol. The van der Waals surface area contributed by atoms with Gasteiger partial charge in [-0.2, -0.15) is 0 Å². The summed E-state index contributed by atoms with van der Waals surface area (Å²) in [7, 11) is 1.60. The third-order valence-electron chi connectivity index (χ3n) is 3.73. The quantitative estimate of drug-likeness (QED) is 0.587. The van der Waals surface area contributed by atoms with E-state index in [9.17, 15) is 13.6 Å². The number of methoxy groups -OCH3 is 1. The molecule has 1 amide bonds. The summed E-state index contributed by atoms with van der Waals surface area (Å²) in [5, 5.41) is 3.54.